The predicted molar refractivity (Wildman–Crippen MR) is 185 cm³/mol. The highest BCUT2D eigenvalue weighted by atomic mass is 16.5. The number of methoxy groups -OCH3 is 3. The Kier molecular flexibility index (Phi) is 13.1. The van der Waals surface area contributed by atoms with Gasteiger partial charge in [-0.15, -0.1) is 0 Å². The molecule has 0 spiro atoms. The molecule has 10 nitrogen and oxygen atoms in total. The molecule has 0 unspecified atom stereocenters. The van der Waals surface area contributed by atoms with Crippen LogP contribution in [0.3, 0.4) is 0 Å². The second kappa shape index (κ2) is 18.1. The topological polar surface area (TPSA) is 105 Å². The number of amides is 1. The van der Waals surface area contributed by atoms with Crippen molar-refractivity contribution >= 4 is 6.09 Å². The van der Waals surface area contributed by atoms with E-state index in [2.05, 4.69) is 0 Å². The lowest BCUT2D eigenvalue weighted by Gasteiger charge is -2.42. The van der Waals surface area contributed by atoms with Gasteiger partial charge < -0.3 is 43.2 Å². The zero-order chi connectivity index (χ0) is 34.4. The molecule has 4 aromatic carbocycles. The third-order valence-corrected chi connectivity index (χ3v) is 8.54. The lowest BCUT2D eigenvalue weighted by Crippen LogP contribution is -2.54. The molecule has 1 amide bonds. The molecule has 1 N–H and O–H groups in total. The molecule has 0 radical (unpaired) electrons. The Morgan fingerprint density at radius 2 is 1.22 bits per heavy atom. The average Bonchev–Trinajstić information content (AvgIpc) is 3.15. The molecule has 4 aromatic rings. The molecule has 1 fully saturated rings. The molecule has 3 atom stereocenters. The largest absolute Gasteiger partial charge is 0.497 e. The van der Waals surface area contributed by atoms with E-state index in [-0.39, 0.29) is 19.0 Å². The first-order valence-electron chi connectivity index (χ1n) is 16.4. The number of hydrogen-bond donors (Lipinski definition) is 1. The van der Waals surface area contributed by atoms with Crippen LogP contribution in [0.1, 0.15) is 34.6 Å². The molecule has 49 heavy (non-hydrogen) atoms. The molecule has 5 rings (SSSR count). The zero-order valence-corrected chi connectivity index (χ0v) is 28.3. The van der Waals surface area contributed by atoms with Crippen LogP contribution in [-0.2, 0) is 34.0 Å². The van der Waals surface area contributed by atoms with Crippen molar-refractivity contribution in [1.29, 1.82) is 0 Å². The van der Waals surface area contributed by atoms with Crippen LogP contribution in [0.5, 0.6) is 23.0 Å². The van der Waals surface area contributed by atoms with Gasteiger partial charge in [0.05, 0.1) is 79.7 Å². The number of para-hydroxylation sites is 1. The first kappa shape index (κ1) is 35.5. The number of ether oxygens (including phenoxy) is 7. The van der Waals surface area contributed by atoms with E-state index in [1.54, 1.807) is 21.3 Å². The highest BCUT2D eigenvalue weighted by molar-refractivity contribution is 5.65. The molecule has 1 aliphatic rings. The van der Waals surface area contributed by atoms with Gasteiger partial charge in [-0.3, -0.25) is 0 Å². The summed E-state index contributed by atoms with van der Waals surface area (Å²) in [7, 11) is 4.91. The Labute approximate surface area is 288 Å². The minimum Gasteiger partial charge on any atom is -0.497 e. The highest BCUT2D eigenvalue weighted by Crippen LogP contribution is 2.35. The first-order chi connectivity index (χ1) is 24.0. The lowest BCUT2D eigenvalue weighted by atomic mass is 9.84. The van der Waals surface area contributed by atoms with Gasteiger partial charge in [-0.25, -0.2) is 4.79 Å². The number of carboxylic acid groups (broad SMARTS) is 1. The maximum Gasteiger partial charge on any atom is 0.407 e. The summed E-state index contributed by atoms with van der Waals surface area (Å²) < 4.78 is 40.8. The Hall–Kier alpha value is -4.77. The van der Waals surface area contributed by atoms with E-state index < -0.39 is 18.3 Å². The van der Waals surface area contributed by atoms with Gasteiger partial charge in [0.1, 0.15) is 23.0 Å². The monoisotopic (exact) mass is 671 g/mol. The highest BCUT2D eigenvalue weighted by Gasteiger charge is 2.41. The number of likely N-dealkylation sites (tertiary alicyclic amines) is 1. The summed E-state index contributed by atoms with van der Waals surface area (Å²) in [4.78, 5) is 13.6. The van der Waals surface area contributed by atoms with Gasteiger partial charge >= 0.3 is 6.09 Å². The van der Waals surface area contributed by atoms with Crippen LogP contribution in [0, 0.1) is 0 Å². The fourth-order valence-electron chi connectivity index (χ4n) is 5.87. The number of rotatable bonds is 17. The van der Waals surface area contributed by atoms with Crippen molar-refractivity contribution in [3.8, 4) is 23.0 Å². The summed E-state index contributed by atoms with van der Waals surface area (Å²) in [6.45, 7) is 2.58. The molecular weight excluding hydrogens is 626 g/mol. The van der Waals surface area contributed by atoms with Gasteiger partial charge in [0.15, 0.2) is 0 Å². The zero-order valence-electron chi connectivity index (χ0n) is 28.3. The summed E-state index contributed by atoms with van der Waals surface area (Å²) in [6, 6.07) is 31.0. The van der Waals surface area contributed by atoms with Crippen LogP contribution in [0.15, 0.2) is 97.1 Å². The second-order valence-corrected chi connectivity index (χ2v) is 11.7. The normalized spacial score (nSPS) is 17.4. The van der Waals surface area contributed by atoms with Gasteiger partial charge in [0, 0.05) is 17.9 Å². The van der Waals surface area contributed by atoms with E-state index in [1.165, 1.54) is 4.90 Å². The standard InChI is InChI=1S/C39H45NO9/c1-43-32-15-9-28(10-16-32)25-48-36-23-40(39(41)42)24-37(49-26-29-11-17-33(44-2)18-12-29)38(36)30-13-19-34(20-14-30)47-22-6-21-46-27-31-7-4-5-8-35(31)45-3/h4-5,7-20,36-38H,6,21-27H2,1-3H3,(H,41,42)/t36-,37+,38-. The van der Waals surface area contributed by atoms with Crippen LogP contribution in [0.4, 0.5) is 4.79 Å². The van der Waals surface area contributed by atoms with Crippen LogP contribution >= 0.6 is 0 Å². The van der Waals surface area contributed by atoms with Crippen molar-refractivity contribution in [2.75, 3.05) is 47.6 Å². The Balaban J connectivity index is 1.25. The first-order valence-corrected chi connectivity index (χ1v) is 16.4. The van der Waals surface area contributed by atoms with E-state index in [0.717, 1.165) is 51.7 Å². The molecule has 0 aromatic heterocycles. The van der Waals surface area contributed by atoms with E-state index >= 15 is 0 Å². The summed E-state index contributed by atoms with van der Waals surface area (Å²) >= 11 is 0. The van der Waals surface area contributed by atoms with Gasteiger partial charge in [0.25, 0.3) is 0 Å². The van der Waals surface area contributed by atoms with Crippen molar-refractivity contribution in [2.24, 2.45) is 0 Å². The molecule has 0 aliphatic carbocycles. The Morgan fingerprint density at radius 1 is 0.673 bits per heavy atom. The van der Waals surface area contributed by atoms with E-state index in [9.17, 15) is 9.90 Å². The minimum atomic E-state index is -1.01. The van der Waals surface area contributed by atoms with Crippen molar-refractivity contribution < 1.29 is 43.1 Å². The number of piperidine rings is 1. The summed E-state index contributed by atoms with van der Waals surface area (Å²) in [6.07, 6.45) is -1.20. The van der Waals surface area contributed by atoms with E-state index in [0.29, 0.717) is 33.0 Å². The maximum absolute atomic E-state index is 12.2. The van der Waals surface area contributed by atoms with Gasteiger partial charge in [-0.1, -0.05) is 54.6 Å². The third-order valence-electron chi connectivity index (χ3n) is 8.54. The average molecular weight is 672 g/mol. The quantitative estimate of drug-likeness (QED) is 0.120. The van der Waals surface area contributed by atoms with Crippen LogP contribution < -0.4 is 18.9 Å². The SMILES string of the molecule is COc1ccc(CO[C@H]2CN(C(=O)O)C[C@@H](OCc3ccc(OC)cc3)[C@H]2c2ccc(OCCCOCc3ccccc3OC)cc2)cc1. The molecular formula is C39H45NO9. The van der Waals surface area contributed by atoms with Gasteiger partial charge in [0.2, 0.25) is 0 Å². The molecule has 0 bridgehead atoms. The molecule has 1 aliphatic heterocycles. The van der Waals surface area contributed by atoms with Gasteiger partial charge in [-0.05, 0) is 59.2 Å². The van der Waals surface area contributed by atoms with Crippen LogP contribution in [0.25, 0.3) is 0 Å². The second-order valence-electron chi connectivity index (χ2n) is 11.7. The van der Waals surface area contributed by atoms with E-state index in [1.807, 2.05) is 97.1 Å². The van der Waals surface area contributed by atoms with Crippen LogP contribution in [0.2, 0.25) is 0 Å². The third kappa shape index (κ3) is 10.1. The summed E-state index contributed by atoms with van der Waals surface area (Å²) in [5, 5.41) is 10.0. The molecule has 260 valence electrons. The van der Waals surface area contributed by atoms with Crippen LogP contribution in [-0.4, -0.2) is 75.9 Å². The fraction of sp³-hybridized carbons (Fsp3) is 0.359. The number of carbonyl (C=O) groups is 1. The Morgan fingerprint density at radius 3 is 1.76 bits per heavy atom. The van der Waals surface area contributed by atoms with Crippen molar-refractivity contribution in [3.05, 3.63) is 119 Å². The predicted octanol–water partition coefficient (Wildman–Crippen LogP) is 6.95. The molecule has 10 heteroatoms. The summed E-state index contributed by atoms with van der Waals surface area (Å²) in [5.74, 6) is 2.83. The Bertz CT molecular complexity index is 1520. The molecule has 1 saturated heterocycles. The minimum absolute atomic E-state index is 0.214. The number of hydrogen-bond acceptors (Lipinski definition) is 8. The number of nitrogens with zero attached hydrogens (tertiary/aromatic N) is 1. The van der Waals surface area contributed by atoms with E-state index in [4.69, 9.17) is 33.2 Å². The number of benzene rings is 4. The van der Waals surface area contributed by atoms with Crippen molar-refractivity contribution in [3.63, 3.8) is 0 Å². The van der Waals surface area contributed by atoms with Crippen molar-refractivity contribution in [2.45, 2.75) is 44.4 Å². The lowest BCUT2D eigenvalue weighted by molar-refractivity contribution is -0.0937. The molecule has 1 heterocycles. The van der Waals surface area contributed by atoms with Gasteiger partial charge in [-0.2, -0.15) is 0 Å². The smallest absolute Gasteiger partial charge is 0.407 e. The summed E-state index contributed by atoms with van der Waals surface area (Å²) in [5.41, 5.74) is 3.90. The fourth-order valence-corrected chi connectivity index (χ4v) is 5.87. The van der Waals surface area contributed by atoms with Crippen molar-refractivity contribution in [1.82, 2.24) is 4.90 Å². The molecule has 0 saturated carbocycles. The maximum atomic E-state index is 12.2.